The van der Waals surface area contributed by atoms with Crippen molar-refractivity contribution < 1.29 is 14.5 Å². The number of nitrogens with two attached hydrogens (primary N) is 1. The molecule has 1 aromatic rings. The molecule has 0 aliphatic rings. The van der Waals surface area contributed by atoms with Gasteiger partial charge in [0.25, 0.3) is 5.91 Å². The van der Waals surface area contributed by atoms with E-state index in [4.69, 9.17) is 10.8 Å². The van der Waals surface area contributed by atoms with Gasteiger partial charge in [-0.05, 0) is 17.2 Å². The summed E-state index contributed by atoms with van der Waals surface area (Å²) >= 11 is 0. The molecular formula is C6H10N4O3. The molecule has 0 aromatic carbocycles. The van der Waals surface area contributed by atoms with E-state index in [0.717, 1.165) is 0 Å². The lowest BCUT2D eigenvalue weighted by molar-refractivity contribution is 0.0913. The number of hydrogen-bond acceptors (Lipinski definition) is 6. The smallest absolute Gasteiger partial charge is 0.277 e. The first-order valence-electron chi connectivity index (χ1n) is 3.65. The van der Waals surface area contributed by atoms with E-state index in [1.165, 1.54) is 0 Å². The summed E-state index contributed by atoms with van der Waals surface area (Å²) in [5.41, 5.74) is 5.20. The van der Waals surface area contributed by atoms with Gasteiger partial charge in [0.1, 0.15) is 0 Å². The van der Waals surface area contributed by atoms with Gasteiger partial charge in [0, 0.05) is 6.04 Å². The summed E-state index contributed by atoms with van der Waals surface area (Å²) in [7, 11) is 0. The van der Waals surface area contributed by atoms with Crippen LogP contribution in [-0.2, 0) is 0 Å². The third kappa shape index (κ3) is 2.15. The van der Waals surface area contributed by atoms with Crippen molar-refractivity contribution in [1.29, 1.82) is 0 Å². The molecule has 0 aliphatic heterocycles. The Hall–Kier alpha value is -1.63. The number of aromatic nitrogens is 2. The van der Waals surface area contributed by atoms with E-state index in [1.807, 2.05) is 0 Å². The van der Waals surface area contributed by atoms with Crippen molar-refractivity contribution in [3.63, 3.8) is 0 Å². The lowest BCUT2D eigenvalue weighted by Crippen LogP contribution is -2.35. The largest absolute Gasteiger partial charge is 0.394 e. The van der Waals surface area contributed by atoms with Crippen LogP contribution in [0.25, 0.3) is 0 Å². The summed E-state index contributed by atoms with van der Waals surface area (Å²) in [5, 5.41) is 17.6. The van der Waals surface area contributed by atoms with Gasteiger partial charge in [0.15, 0.2) is 0 Å². The van der Waals surface area contributed by atoms with E-state index >= 15 is 0 Å². The maximum Gasteiger partial charge on any atom is 0.277 e. The van der Waals surface area contributed by atoms with Crippen LogP contribution in [-0.4, -0.2) is 34.0 Å². The molecule has 0 saturated heterocycles. The molecule has 0 saturated carbocycles. The summed E-state index contributed by atoms with van der Waals surface area (Å²) < 4.78 is 4.23. The number of anilines is 1. The van der Waals surface area contributed by atoms with E-state index in [0.29, 0.717) is 0 Å². The second-order valence-corrected chi connectivity index (χ2v) is 2.56. The van der Waals surface area contributed by atoms with Crippen molar-refractivity contribution in [2.24, 2.45) is 0 Å². The first kappa shape index (κ1) is 9.46. The molecule has 0 bridgehead atoms. The third-order valence-electron chi connectivity index (χ3n) is 1.38. The Balaban J connectivity index is 2.64. The molecule has 1 aromatic heterocycles. The molecule has 1 unspecified atom stereocenters. The number of carbonyl (C=O) groups excluding carboxylic acids is 1. The van der Waals surface area contributed by atoms with Crippen molar-refractivity contribution in [2.45, 2.75) is 13.0 Å². The molecule has 7 nitrogen and oxygen atoms in total. The molecule has 7 heteroatoms. The highest BCUT2D eigenvalue weighted by Gasteiger charge is 2.17. The van der Waals surface area contributed by atoms with Crippen LogP contribution in [0.2, 0.25) is 0 Å². The Morgan fingerprint density at radius 3 is 2.92 bits per heavy atom. The number of amides is 1. The zero-order valence-electron chi connectivity index (χ0n) is 7.02. The fourth-order valence-electron chi connectivity index (χ4n) is 0.691. The number of hydrogen-bond donors (Lipinski definition) is 3. The molecule has 1 atom stereocenters. The van der Waals surface area contributed by atoms with E-state index < -0.39 is 5.91 Å². The van der Waals surface area contributed by atoms with Gasteiger partial charge in [-0.25, -0.2) is 4.63 Å². The van der Waals surface area contributed by atoms with Crippen LogP contribution >= 0.6 is 0 Å². The number of nitrogen functional groups attached to an aromatic ring is 1. The van der Waals surface area contributed by atoms with Crippen molar-refractivity contribution >= 4 is 11.7 Å². The molecule has 4 N–H and O–H groups in total. The molecule has 0 radical (unpaired) electrons. The lowest BCUT2D eigenvalue weighted by Gasteiger charge is -2.08. The lowest BCUT2D eigenvalue weighted by atomic mass is 10.3. The topological polar surface area (TPSA) is 114 Å². The van der Waals surface area contributed by atoms with Crippen LogP contribution in [0.1, 0.15) is 17.4 Å². The molecule has 1 rings (SSSR count). The van der Waals surface area contributed by atoms with Crippen molar-refractivity contribution in [2.75, 3.05) is 12.3 Å². The minimum Gasteiger partial charge on any atom is -0.394 e. The Morgan fingerprint density at radius 1 is 1.77 bits per heavy atom. The van der Waals surface area contributed by atoms with Gasteiger partial charge in [-0.3, -0.25) is 4.79 Å². The second kappa shape index (κ2) is 3.85. The van der Waals surface area contributed by atoms with Crippen LogP contribution < -0.4 is 11.1 Å². The van der Waals surface area contributed by atoms with Crippen molar-refractivity contribution in [3.8, 4) is 0 Å². The van der Waals surface area contributed by atoms with Crippen LogP contribution in [0.15, 0.2) is 4.63 Å². The van der Waals surface area contributed by atoms with Gasteiger partial charge >= 0.3 is 0 Å². The van der Waals surface area contributed by atoms with Gasteiger partial charge in [-0.1, -0.05) is 0 Å². The van der Waals surface area contributed by atoms with Crippen LogP contribution in [0, 0.1) is 0 Å². The maximum absolute atomic E-state index is 11.2. The molecule has 0 fully saturated rings. The van der Waals surface area contributed by atoms with Gasteiger partial charge in [0.2, 0.25) is 11.5 Å². The molecule has 0 spiro atoms. The SMILES string of the molecule is CC(CO)NC(=O)c1nonc1N. The Kier molecular flexibility index (Phi) is 2.80. The number of carbonyl (C=O) groups is 1. The van der Waals surface area contributed by atoms with E-state index in [1.54, 1.807) is 6.92 Å². The minimum atomic E-state index is -0.514. The zero-order chi connectivity index (χ0) is 9.84. The standard InChI is InChI=1S/C6H10N4O3/c1-3(2-11)8-6(12)4-5(7)10-13-9-4/h3,11H,2H2,1H3,(H2,7,10)(H,8,12). The van der Waals surface area contributed by atoms with Crippen LogP contribution in [0.4, 0.5) is 5.82 Å². The predicted octanol–water partition coefficient (Wildman–Crippen LogP) is -1.24. The highest BCUT2D eigenvalue weighted by Crippen LogP contribution is 2.03. The van der Waals surface area contributed by atoms with Gasteiger partial charge in [-0.2, -0.15) is 0 Å². The number of aliphatic hydroxyl groups excluding tert-OH is 1. The van der Waals surface area contributed by atoms with Gasteiger partial charge < -0.3 is 16.2 Å². The van der Waals surface area contributed by atoms with E-state index in [2.05, 4.69) is 20.3 Å². The summed E-state index contributed by atoms with van der Waals surface area (Å²) in [6.45, 7) is 1.48. The normalized spacial score (nSPS) is 12.5. The van der Waals surface area contributed by atoms with Gasteiger partial charge in [-0.15, -0.1) is 0 Å². The number of rotatable bonds is 3. The van der Waals surface area contributed by atoms with Crippen LogP contribution in [0.3, 0.4) is 0 Å². The monoisotopic (exact) mass is 186 g/mol. The molecule has 1 amide bonds. The third-order valence-corrected chi connectivity index (χ3v) is 1.38. The average molecular weight is 186 g/mol. The molecular weight excluding hydrogens is 176 g/mol. The highest BCUT2D eigenvalue weighted by atomic mass is 16.6. The molecule has 13 heavy (non-hydrogen) atoms. The summed E-state index contributed by atoms with van der Waals surface area (Å²) in [5.74, 6) is -0.581. The van der Waals surface area contributed by atoms with Crippen molar-refractivity contribution in [3.05, 3.63) is 5.69 Å². The highest BCUT2D eigenvalue weighted by molar-refractivity contribution is 5.96. The Bertz CT molecular complexity index is 298. The first-order valence-corrected chi connectivity index (χ1v) is 3.65. The number of nitrogens with one attached hydrogen (secondary N) is 1. The fraction of sp³-hybridized carbons (Fsp3) is 0.500. The zero-order valence-corrected chi connectivity index (χ0v) is 7.02. The van der Waals surface area contributed by atoms with E-state index in [-0.39, 0.29) is 24.2 Å². The number of aliphatic hydroxyl groups is 1. The van der Waals surface area contributed by atoms with Crippen LogP contribution in [0.5, 0.6) is 0 Å². The molecule has 72 valence electrons. The maximum atomic E-state index is 11.2. The summed E-state index contributed by atoms with van der Waals surface area (Å²) in [4.78, 5) is 11.2. The fourth-order valence-corrected chi connectivity index (χ4v) is 0.691. The van der Waals surface area contributed by atoms with Crippen molar-refractivity contribution in [1.82, 2.24) is 15.6 Å². The molecule has 1 heterocycles. The second-order valence-electron chi connectivity index (χ2n) is 2.56. The summed E-state index contributed by atoms with van der Waals surface area (Å²) in [6, 6.07) is -0.358. The minimum absolute atomic E-state index is 0.0670. The average Bonchev–Trinajstić information content (AvgIpc) is 2.51. The van der Waals surface area contributed by atoms with Gasteiger partial charge in [0.05, 0.1) is 6.61 Å². The van der Waals surface area contributed by atoms with E-state index in [9.17, 15) is 4.79 Å². The predicted molar refractivity (Wildman–Crippen MR) is 42.7 cm³/mol. The first-order chi connectivity index (χ1) is 6.15. The Labute approximate surface area is 73.9 Å². The molecule has 0 aliphatic carbocycles. The summed E-state index contributed by atoms with van der Waals surface area (Å²) in [6.07, 6.45) is 0. The number of nitrogens with zero attached hydrogens (tertiary/aromatic N) is 2. The Morgan fingerprint density at radius 2 is 2.46 bits per heavy atom. The quantitative estimate of drug-likeness (QED) is 0.544.